The number of fused-ring (bicyclic) bond motifs is 1. The van der Waals surface area contributed by atoms with Crippen molar-refractivity contribution < 1.29 is 0 Å². The van der Waals surface area contributed by atoms with Gasteiger partial charge in [-0.2, -0.15) is 0 Å². The first-order valence-electron chi connectivity index (χ1n) is 8.38. The minimum absolute atomic E-state index is 0.668. The summed E-state index contributed by atoms with van der Waals surface area (Å²) in [4.78, 5) is 22.5. The van der Waals surface area contributed by atoms with E-state index in [1.165, 1.54) is 23.2 Å². The lowest BCUT2D eigenvalue weighted by Crippen LogP contribution is -2.47. The fraction of sp³-hybridized carbons (Fsp3) is 0.412. The summed E-state index contributed by atoms with van der Waals surface area (Å²) in [6, 6.07) is 4.23. The topological polar surface area (TPSA) is 58.0 Å². The van der Waals surface area contributed by atoms with Crippen LogP contribution in [0.4, 0.5) is 11.6 Å². The smallest absolute Gasteiger partial charge is 0.150 e. The van der Waals surface area contributed by atoms with E-state index in [4.69, 9.17) is 0 Å². The highest BCUT2D eigenvalue weighted by Gasteiger charge is 2.27. The van der Waals surface area contributed by atoms with E-state index in [1.54, 1.807) is 24.0 Å². The zero-order valence-corrected chi connectivity index (χ0v) is 14.1. The number of hydrogen-bond acceptors (Lipinski definition) is 7. The van der Waals surface area contributed by atoms with Crippen molar-refractivity contribution in [2.75, 3.05) is 36.0 Å². The Morgan fingerprint density at radius 3 is 2.54 bits per heavy atom. The standard InChI is InChI=1S/C17H18N6S/c1-2-12(1)14-9-15(20-10-19-14)22-4-6-23(7-5-22)17-16-13(3-8-24-16)18-11-21-17/h3,8-12H,1-2,4-7H2. The number of rotatable bonds is 3. The van der Waals surface area contributed by atoms with Crippen molar-refractivity contribution in [2.24, 2.45) is 0 Å². The molecule has 0 radical (unpaired) electrons. The number of anilines is 2. The van der Waals surface area contributed by atoms with Crippen LogP contribution in [0.2, 0.25) is 0 Å². The molecule has 0 unspecified atom stereocenters. The third kappa shape index (κ3) is 2.49. The van der Waals surface area contributed by atoms with Crippen molar-refractivity contribution in [2.45, 2.75) is 18.8 Å². The second-order valence-electron chi connectivity index (χ2n) is 6.38. The molecule has 1 aliphatic heterocycles. The summed E-state index contributed by atoms with van der Waals surface area (Å²) in [5, 5.41) is 2.08. The molecule has 2 fully saturated rings. The normalized spacial score (nSPS) is 18.3. The van der Waals surface area contributed by atoms with Crippen LogP contribution in [0.5, 0.6) is 0 Å². The Balaban J connectivity index is 1.34. The van der Waals surface area contributed by atoms with Gasteiger partial charge in [0.2, 0.25) is 0 Å². The van der Waals surface area contributed by atoms with Crippen molar-refractivity contribution in [1.82, 2.24) is 19.9 Å². The van der Waals surface area contributed by atoms with E-state index in [-0.39, 0.29) is 0 Å². The third-order valence-electron chi connectivity index (χ3n) is 4.80. The first-order valence-corrected chi connectivity index (χ1v) is 9.26. The molecule has 3 aromatic rings. The molecular formula is C17H18N6S. The molecule has 7 heteroatoms. The van der Waals surface area contributed by atoms with Crippen LogP contribution in [0, 0.1) is 0 Å². The van der Waals surface area contributed by atoms with Gasteiger partial charge in [0.25, 0.3) is 0 Å². The molecule has 0 spiro atoms. The minimum atomic E-state index is 0.668. The largest absolute Gasteiger partial charge is 0.353 e. The number of piperazine rings is 1. The van der Waals surface area contributed by atoms with Crippen molar-refractivity contribution >= 4 is 33.2 Å². The predicted octanol–water partition coefficient (Wildman–Crippen LogP) is 2.69. The van der Waals surface area contributed by atoms with Crippen molar-refractivity contribution in [3.63, 3.8) is 0 Å². The Labute approximate surface area is 144 Å². The van der Waals surface area contributed by atoms with Gasteiger partial charge in [0.1, 0.15) is 24.3 Å². The minimum Gasteiger partial charge on any atom is -0.353 e. The van der Waals surface area contributed by atoms with Crippen LogP contribution in [-0.4, -0.2) is 46.1 Å². The molecule has 4 heterocycles. The molecule has 0 aromatic carbocycles. The third-order valence-corrected chi connectivity index (χ3v) is 5.70. The van der Waals surface area contributed by atoms with Crippen molar-refractivity contribution in [1.29, 1.82) is 0 Å². The summed E-state index contributed by atoms with van der Waals surface area (Å²) in [6.07, 6.45) is 5.93. The fourth-order valence-corrected chi connectivity index (χ4v) is 4.15. The Hall–Kier alpha value is -2.28. The quantitative estimate of drug-likeness (QED) is 0.732. The highest BCUT2D eigenvalue weighted by atomic mass is 32.1. The van der Waals surface area contributed by atoms with E-state index >= 15 is 0 Å². The molecule has 3 aromatic heterocycles. The molecule has 2 aliphatic rings. The number of aromatic nitrogens is 4. The maximum atomic E-state index is 4.53. The molecule has 1 aliphatic carbocycles. The van der Waals surface area contributed by atoms with Gasteiger partial charge in [-0.25, -0.2) is 19.9 Å². The average molecular weight is 338 g/mol. The predicted molar refractivity (Wildman–Crippen MR) is 95.8 cm³/mol. The lowest BCUT2D eigenvalue weighted by Gasteiger charge is -2.36. The van der Waals surface area contributed by atoms with Crippen LogP contribution in [0.1, 0.15) is 24.5 Å². The molecule has 24 heavy (non-hydrogen) atoms. The van der Waals surface area contributed by atoms with Gasteiger partial charge in [-0.05, 0) is 24.3 Å². The van der Waals surface area contributed by atoms with Crippen LogP contribution in [0.25, 0.3) is 10.2 Å². The average Bonchev–Trinajstić information content (AvgIpc) is 3.39. The number of hydrogen-bond donors (Lipinski definition) is 0. The SMILES string of the molecule is c1nc(C2CC2)cc(N2CCN(c3ncnc4ccsc34)CC2)n1. The van der Waals surface area contributed by atoms with Gasteiger partial charge in [-0.1, -0.05) is 0 Å². The van der Waals surface area contributed by atoms with Crippen molar-refractivity contribution in [3.8, 4) is 0 Å². The van der Waals surface area contributed by atoms with E-state index < -0.39 is 0 Å². The molecule has 1 saturated carbocycles. The second kappa shape index (κ2) is 5.66. The molecular weight excluding hydrogens is 320 g/mol. The summed E-state index contributed by atoms with van der Waals surface area (Å²) >= 11 is 1.72. The molecule has 1 saturated heterocycles. The molecule has 122 valence electrons. The Bertz CT molecular complexity index is 866. The maximum absolute atomic E-state index is 4.53. The molecule has 0 bridgehead atoms. The van der Waals surface area contributed by atoms with Gasteiger partial charge < -0.3 is 9.80 Å². The molecule has 0 amide bonds. The zero-order chi connectivity index (χ0) is 15.9. The van der Waals surface area contributed by atoms with Crippen LogP contribution in [0.3, 0.4) is 0 Å². The molecule has 0 atom stereocenters. The van der Waals surface area contributed by atoms with E-state index in [0.717, 1.165) is 43.3 Å². The summed E-state index contributed by atoms with van der Waals surface area (Å²) in [7, 11) is 0. The van der Waals surface area contributed by atoms with E-state index in [2.05, 4.69) is 47.2 Å². The Kier molecular flexibility index (Phi) is 3.33. The summed E-state index contributed by atoms with van der Waals surface area (Å²) in [5.41, 5.74) is 2.25. The molecule has 0 N–H and O–H groups in total. The summed E-state index contributed by atoms with van der Waals surface area (Å²) in [5.74, 6) is 2.80. The maximum Gasteiger partial charge on any atom is 0.150 e. The van der Waals surface area contributed by atoms with Gasteiger partial charge in [0.15, 0.2) is 0 Å². The lowest BCUT2D eigenvalue weighted by molar-refractivity contribution is 0.642. The van der Waals surface area contributed by atoms with Crippen LogP contribution in [-0.2, 0) is 0 Å². The van der Waals surface area contributed by atoms with Gasteiger partial charge in [0, 0.05) is 43.9 Å². The molecule has 6 nitrogen and oxygen atoms in total. The first-order chi connectivity index (χ1) is 11.9. The Morgan fingerprint density at radius 2 is 1.71 bits per heavy atom. The zero-order valence-electron chi connectivity index (χ0n) is 13.3. The van der Waals surface area contributed by atoms with E-state index in [0.29, 0.717) is 5.92 Å². The fourth-order valence-electron chi connectivity index (χ4n) is 3.29. The van der Waals surface area contributed by atoms with Crippen LogP contribution in [0.15, 0.2) is 30.2 Å². The first kappa shape index (κ1) is 14.1. The van der Waals surface area contributed by atoms with Gasteiger partial charge in [-0.15, -0.1) is 11.3 Å². The number of thiophene rings is 1. The van der Waals surface area contributed by atoms with Crippen LogP contribution < -0.4 is 9.80 Å². The highest BCUT2D eigenvalue weighted by Crippen LogP contribution is 2.39. The van der Waals surface area contributed by atoms with E-state index in [9.17, 15) is 0 Å². The Morgan fingerprint density at radius 1 is 0.917 bits per heavy atom. The van der Waals surface area contributed by atoms with Gasteiger partial charge in [-0.3, -0.25) is 0 Å². The summed E-state index contributed by atoms with van der Waals surface area (Å²) in [6.45, 7) is 3.82. The lowest BCUT2D eigenvalue weighted by atomic mass is 10.2. The van der Waals surface area contributed by atoms with Gasteiger partial charge >= 0.3 is 0 Å². The highest BCUT2D eigenvalue weighted by molar-refractivity contribution is 7.17. The van der Waals surface area contributed by atoms with E-state index in [1.807, 2.05) is 0 Å². The van der Waals surface area contributed by atoms with Crippen molar-refractivity contribution in [3.05, 3.63) is 35.9 Å². The summed E-state index contributed by atoms with van der Waals surface area (Å²) < 4.78 is 1.18. The number of nitrogens with zero attached hydrogens (tertiary/aromatic N) is 6. The van der Waals surface area contributed by atoms with Crippen LogP contribution >= 0.6 is 11.3 Å². The monoisotopic (exact) mass is 338 g/mol. The van der Waals surface area contributed by atoms with Gasteiger partial charge in [0.05, 0.1) is 10.2 Å². The second-order valence-corrected chi connectivity index (χ2v) is 7.30. The molecule has 5 rings (SSSR count).